The molecule has 4 nitrogen and oxygen atoms in total. The maximum absolute atomic E-state index is 13.4. The summed E-state index contributed by atoms with van der Waals surface area (Å²) in [5.74, 6) is -28.8. The van der Waals surface area contributed by atoms with Crippen molar-refractivity contribution < 1.29 is 70.0 Å². The second-order valence-electron chi connectivity index (χ2n) is 5.93. The van der Waals surface area contributed by atoms with Gasteiger partial charge in [0.05, 0.1) is 0 Å². The fourth-order valence-electron chi connectivity index (χ4n) is 1.95. The van der Waals surface area contributed by atoms with Crippen LogP contribution in [-0.4, -0.2) is 48.1 Å². The highest BCUT2D eigenvalue weighted by Crippen LogP contribution is 2.58. The summed E-state index contributed by atoms with van der Waals surface area (Å²) in [5, 5.41) is -7.36. The Hall–Kier alpha value is -1.04. The van der Waals surface area contributed by atoms with Crippen molar-refractivity contribution in [2.45, 2.75) is 73.6 Å². The van der Waals surface area contributed by atoms with E-state index in [1.165, 1.54) is 0 Å². The van der Waals surface area contributed by atoms with E-state index in [-0.39, 0.29) is 6.15 Å². The molecule has 0 spiro atoms. The SMILES string of the molecule is O=S(=O)([O-])C(F)(F)C(F)(F)C(F)(F)C(F)(F)C(F)(F)CCCCCCC(F)(F)F.[NH4+]. The molecule has 18 heteroatoms. The Bertz CT molecular complexity index is 661. The van der Waals surface area contributed by atoms with Gasteiger partial charge in [0.1, 0.15) is 0 Å². The van der Waals surface area contributed by atoms with Crippen LogP contribution in [0.5, 0.6) is 0 Å². The third-order valence-electron chi connectivity index (χ3n) is 3.63. The summed E-state index contributed by atoms with van der Waals surface area (Å²) in [6.45, 7) is 0. The zero-order chi connectivity index (χ0) is 23.7. The van der Waals surface area contributed by atoms with Crippen molar-refractivity contribution in [3.63, 3.8) is 0 Å². The van der Waals surface area contributed by atoms with Crippen LogP contribution >= 0.6 is 0 Å². The summed E-state index contributed by atoms with van der Waals surface area (Å²) in [6.07, 6.45) is -11.3. The van der Waals surface area contributed by atoms with Gasteiger partial charge in [-0.25, -0.2) is 8.42 Å². The summed E-state index contributed by atoms with van der Waals surface area (Å²) >= 11 is 0. The zero-order valence-electron chi connectivity index (χ0n) is 14.8. The predicted molar refractivity (Wildman–Crippen MR) is 74.2 cm³/mol. The zero-order valence-corrected chi connectivity index (χ0v) is 15.6. The molecular weight excluding hydrogens is 485 g/mol. The van der Waals surface area contributed by atoms with Gasteiger partial charge in [-0.05, 0) is 12.8 Å². The lowest BCUT2D eigenvalue weighted by atomic mass is 9.94. The molecule has 0 aromatic carbocycles. The number of quaternary nitrogens is 1. The van der Waals surface area contributed by atoms with E-state index in [4.69, 9.17) is 0 Å². The van der Waals surface area contributed by atoms with Crippen molar-refractivity contribution in [3.05, 3.63) is 0 Å². The summed E-state index contributed by atoms with van der Waals surface area (Å²) < 4.78 is 197. The maximum Gasteiger partial charge on any atom is 0.402 e. The number of hydrogen-bond donors (Lipinski definition) is 1. The maximum atomic E-state index is 13.4. The highest BCUT2D eigenvalue weighted by molar-refractivity contribution is 7.86. The van der Waals surface area contributed by atoms with Crippen molar-refractivity contribution in [3.8, 4) is 0 Å². The van der Waals surface area contributed by atoms with Gasteiger partial charge in [-0.1, -0.05) is 12.8 Å². The lowest BCUT2D eigenvalue weighted by molar-refractivity contribution is -0.390. The van der Waals surface area contributed by atoms with E-state index in [1.54, 1.807) is 0 Å². The van der Waals surface area contributed by atoms with E-state index in [2.05, 4.69) is 0 Å². The number of rotatable bonds is 11. The van der Waals surface area contributed by atoms with Crippen molar-refractivity contribution in [2.24, 2.45) is 0 Å². The van der Waals surface area contributed by atoms with Gasteiger partial charge in [0, 0.05) is 12.8 Å². The predicted octanol–water partition coefficient (Wildman–Crippen LogP) is 5.94. The summed E-state index contributed by atoms with van der Waals surface area (Å²) in [4.78, 5) is 0. The fraction of sp³-hybridized carbons (Fsp3) is 1.00. The molecule has 4 N–H and O–H groups in total. The first kappa shape index (κ1) is 31.1. The average Bonchev–Trinajstić information content (AvgIpc) is 2.47. The molecule has 0 bridgehead atoms. The Balaban J connectivity index is 0. The molecule has 0 rings (SSSR count). The molecule has 184 valence electrons. The Labute approximate surface area is 161 Å². The Morgan fingerprint density at radius 3 is 1.27 bits per heavy atom. The molecular formula is C12H16F13NO3S. The highest BCUT2D eigenvalue weighted by Gasteiger charge is 2.87. The third kappa shape index (κ3) is 6.02. The van der Waals surface area contributed by atoms with Gasteiger partial charge < -0.3 is 10.7 Å². The molecule has 0 saturated heterocycles. The third-order valence-corrected chi connectivity index (χ3v) is 4.51. The molecule has 0 aromatic heterocycles. The van der Waals surface area contributed by atoms with Gasteiger partial charge in [0.25, 0.3) is 0 Å². The van der Waals surface area contributed by atoms with Gasteiger partial charge in [0.15, 0.2) is 10.1 Å². The lowest BCUT2D eigenvalue weighted by Gasteiger charge is -2.39. The topological polar surface area (TPSA) is 93.7 Å². The minimum Gasteiger partial charge on any atom is -0.743 e. The molecule has 0 aliphatic heterocycles. The lowest BCUT2D eigenvalue weighted by Crippen LogP contribution is -2.68. The van der Waals surface area contributed by atoms with Gasteiger partial charge in [0.2, 0.25) is 0 Å². The summed E-state index contributed by atoms with van der Waals surface area (Å²) in [6, 6.07) is 0. The van der Waals surface area contributed by atoms with Crippen LogP contribution in [0.15, 0.2) is 0 Å². The molecule has 0 fully saturated rings. The quantitative estimate of drug-likeness (QED) is 0.216. The van der Waals surface area contributed by atoms with Crippen molar-refractivity contribution in [1.82, 2.24) is 6.15 Å². The highest BCUT2D eigenvalue weighted by atomic mass is 32.2. The van der Waals surface area contributed by atoms with Crippen LogP contribution in [0.3, 0.4) is 0 Å². The van der Waals surface area contributed by atoms with Crippen LogP contribution in [0.4, 0.5) is 57.1 Å². The minimum atomic E-state index is -7.72. The molecule has 0 radical (unpaired) electrons. The number of hydrogen-bond acceptors (Lipinski definition) is 3. The Morgan fingerprint density at radius 1 is 0.567 bits per heavy atom. The molecule has 0 unspecified atom stereocenters. The Morgan fingerprint density at radius 2 is 0.933 bits per heavy atom. The van der Waals surface area contributed by atoms with E-state index in [0.717, 1.165) is 0 Å². The molecule has 0 heterocycles. The molecule has 0 aliphatic rings. The normalized spacial score (nSPS) is 15.1. The molecule has 0 saturated carbocycles. The number of halogens is 13. The van der Waals surface area contributed by atoms with Gasteiger partial charge >= 0.3 is 35.1 Å². The van der Waals surface area contributed by atoms with Gasteiger partial charge in [-0.2, -0.15) is 57.1 Å². The monoisotopic (exact) mass is 501 g/mol. The molecule has 0 aliphatic carbocycles. The van der Waals surface area contributed by atoms with E-state index >= 15 is 0 Å². The van der Waals surface area contributed by atoms with Crippen LogP contribution in [0.2, 0.25) is 0 Å². The average molecular weight is 501 g/mol. The van der Waals surface area contributed by atoms with Crippen LogP contribution in [0.1, 0.15) is 38.5 Å². The largest absolute Gasteiger partial charge is 0.743 e. The van der Waals surface area contributed by atoms with Crippen LogP contribution in [0, 0.1) is 0 Å². The molecule has 0 aromatic rings. The van der Waals surface area contributed by atoms with Gasteiger partial charge in [-0.15, -0.1) is 0 Å². The van der Waals surface area contributed by atoms with E-state index < -0.39 is 83.8 Å². The minimum absolute atomic E-state index is 0. The Kier molecular flexibility index (Phi) is 9.57. The van der Waals surface area contributed by atoms with Crippen LogP contribution < -0.4 is 6.15 Å². The van der Waals surface area contributed by atoms with E-state index in [9.17, 15) is 70.0 Å². The standard InChI is InChI=1S/C12H13F13O3S.H3N/c13-7(14,5-3-1-2-4-6-8(15,16)17)9(18,19)10(20,21)11(22,23)12(24,25)29(26,27)28;/h1-6H2,(H,26,27,28);1H3. The molecule has 0 amide bonds. The van der Waals surface area contributed by atoms with Crippen molar-refractivity contribution >= 4 is 10.1 Å². The van der Waals surface area contributed by atoms with Crippen LogP contribution in [0.25, 0.3) is 0 Å². The summed E-state index contributed by atoms with van der Waals surface area (Å²) in [5.41, 5.74) is 0. The first-order valence-electron chi connectivity index (χ1n) is 7.37. The number of unbranched alkanes of at least 4 members (excludes halogenated alkanes) is 3. The second kappa shape index (κ2) is 9.22. The van der Waals surface area contributed by atoms with Crippen LogP contribution in [-0.2, 0) is 10.1 Å². The number of alkyl halides is 13. The second-order valence-corrected chi connectivity index (χ2v) is 7.35. The van der Waals surface area contributed by atoms with Crippen molar-refractivity contribution in [1.29, 1.82) is 0 Å². The first-order valence-corrected chi connectivity index (χ1v) is 8.78. The smallest absolute Gasteiger partial charge is 0.402 e. The summed E-state index contributed by atoms with van der Waals surface area (Å²) in [7, 11) is -7.67. The first-order chi connectivity index (χ1) is 12.5. The molecule has 0 atom stereocenters. The van der Waals surface area contributed by atoms with Gasteiger partial charge in [-0.3, -0.25) is 0 Å². The fourth-order valence-corrected chi connectivity index (χ4v) is 2.39. The molecule has 30 heavy (non-hydrogen) atoms. The van der Waals surface area contributed by atoms with E-state index in [0.29, 0.717) is 0 Å². The van der Waals surface area contributed by atoms with Crippen molar-refractivity contribution in [2.75, 3.05) is 0 Å². The van der Waals surface area contributed by atoms with E-state index in [1.807, 2.05) is 0 Å².